The molecule has 0 heterocycles. The molecular formula is C12H18O2. The number of rotatable bonds is 0. The van der Waals surface area contributed by atoms with E-state index in [9.17, 15) is 9.59 Å². The molecule has 78 valence electrons. The van der Waals surface area contributed by atoms with Crippen LogP contribution in [0, 0.1) is 17.3 Å². The Bertz CT molecular complexity index is 282. The lowest BCUT2D eigenvalue weighted by molar-refractivity contribution is -0.145. The Morgan fingerprint density at radius 2 is 2.00 bits per heavy atom. The summed E-state index contributed by atoms with van der Waals surface area (Å²) in [4.78, 5) is 23.5. The van der Waals surface area contributed by atoms with Crippen LogP contribution in [0.3, 0.4) is 0 Å². The summed E-state index contributed by atoms with van der Waals surface area (Å²) in [6, 6.07) is 0. The summed E-state index contributed by atoms with van der Waals surface area (Å²) < 4.78 is 0. The van der Waals surface area contributed by atoms with Crippen LogP contribution < -0.4 is 0 Å². The van der Waals surface area contributed by atoms with E-state index in [4.69, 9.17) is 0 Å². The van der Waals surface area contributed by atoms with Crippen LogP contribution in [0.2, 0.25) is 0 Å². The second-order valence-corrected chi connectivity index (χ2v) is 5.09. The highest BCUT2D eigenvalue weighted by Crippen LogP contribution is 2.49. The fourth-order valence-electron chi connectivity index (χ4n) is 3.25. The largest absolute Gasteiger partial charge is 0.299 e. The van der Waals surface area contributed by atoms with Gasteiger partial charge in [-0.25, -0.2) is 0 Å². The minimum Gasteiger partial charge on any atom is -0.299 e. The topological polar surface area (TPSA) is 34.1 Å². The van der Waals surface area contributed by atoms with E-state index in [0.29, 0.717) is 23.9 Å². The van der Waals surface area contributed by atoms with Gasteiger partial charge < -0.3 is 0 Å². The number of fused-ring (bicyclic) bond motifs is 1. The highest BCUT2D eigenvalue weighted by molar-refractivity contribution is 5.90. The van der Waals surface area contributed by atoms with Crippen LogP contribution in [0.25, 0.3) is 0 Å². The van der Waals surface area contributed by atoms with Gasteiger partial charge in [-0.1, -0.05) is 13.8 Å². The van der Waals surface area contributed by atoms with Gasteiger partial charge in [0.25, 0.3) is 0 Å². The molecule has 0 aromatic rings. The number of carbonyl (C=O) groups excluding carboxylic acids is 2. The van der Waals surface area contributed by atoms with Gasteiger partial charge in [0.05, 0.1) is 0 Å². The molecule has 2 aliphatic rings. The molecule has 3 atom stereocenters. The first-order valence-corrected chi connectivity index (χ1v) is 5.62. The highest BCUT2D eigenvalue weighted by Gasteiger charge is 2.49. The maximum absolute atomic E-state index is 11.9. The van der Waals surface area contributed by atoms with Crippen molar-refractivity contribution in [3.63, 3.8) is 0 Å². The summed E-state index contributed by atoms with van der Waals surface area (Å²) in [6.45, 7) is 4.07. The lowest BCUT2D eigenvalue weighted by Gasteiger charge is -2.46. The molecule has 0 N–H and O–H groups in total. The van der Waals surface area contributed by atoms with Crippen molar-refractivity contribution in [3.8, 4) is 0 Å². The molecule has 2 fully saturated rings. The first-order valence-electron chi connectivity index (χ1n) is 5.62. The number of carbonyl (C=O) groups is 2. The summed E-state index contributed by atoms with van der Waals surface area (Å²) in [5, 5.41) is 0. The second kappa shape index (κ2) is 3.18. The van der Waals surface area contributed by atoms with Crippen molar-refractivity contribution in [2.75, 3.05) is 0 Å². The van der Waals surface area contributed by atoms with Gasteiger partial charge in [-0.05, 0) is 25.2 Å². The summed E-state index contributed by atoms with van der Waals surface area (Å²) >= 11 is 0. The van der Waals surface area contributed by atoms with E-state index in [1.165, 1.54) is 0 Å². The quantitative estimate of drug-likeness (QED) is 0.593. The number of ketones is 2. The molecule has 0 saturated heterocycles. The molecule has 2 rings (SSSR count). The van der Waals surface area contributed by atoms with Gasteiger partial charge in [-0.2, -0.15) is 0 Å². The SMILES string of the molecule is CC1C(=O)CC[C@]2(C)C(=O)CCCC12. The lowest BCUT2D eigenvalue weighted by atomic mass is 9.56. The van der Waals surface area contributed by atoms with Crippen LogP contribution in [0.15, 0.2) is 0 Å². The molecular weight excluding hydrogens is 176 g/mol. The van der Waals surface area contributed by atoms with Gasteiger partial charge in [0.2, 0.25) is 0 Å². The maximum Gasteiger partial charge on any atom is 0.139 e. The molecule has 2 heteroatoms. The first-order chi connectivity index (χ1) is 6.55. The van der Waals surface area contributed by atoms with Crippen molar-refractivity contribution in [2.24, 2.45) is 17.3 Å². The second-order valence-electron chi connectivity index (χ2n) is 5.09. The predicted molar refractivity (Wildman–Crippen MR) is 53.9 cm³/mol. The third-order valence-corrected chi connectivity index (χ3v) is 4.38. The summed E-state index contributed by atoms with van der Waals surface area (Å²) in [5.41, 5.74) is -0.175. The Morgan fingerprint density at radius 1 is 1.29 bits per heavy atom. The van der Waals surface area contributed by atoms with Gasteiger partial charge >= 0.3 is 0 Å². The Balaban J connectivity index is 2.30. The molecule has 0 bridgehead atoms. The zero-order valence-corrected chi connectivity index (χ0v) is 9.01. The van der Waals surface area contributed by atoms with Crippen LogP contribution in [-0.4, -0.2) is 11.6 Å². The number of hydrogen-bond acceptors (Lipinski definition) is 2. The molecule has 2 nitrogen and oxygen atoms in total. The van der Waals surface area contributed by atoms with Crippen molar-refractivity contribution in [2.45, 2.75) is 46.0 Å². The number of Topliss-reactive ketones (excluding diaryl/α,β-unsaturated/α-hetero) is 2. The van der Waals surface area contributed by atoms with Crippen molar-refractivity contribution in [3.05, 3.63) is 0 Å². The third kappa shape index (κ3) is 1.23. The maximum atomic E-state index is 11.9. The van der Waals surface area contributed by atoms with Gasteiger partial charge in [0, 0.05) is 24.2 Å². The van der Waals surface area contributed by atoms with Crippen molar-refractivity contribution in [1.82, 2.24) is 0 Å². The molecule has 0 amide bonds. The van der Waals surface area contributed by atoms with E-state index < -0.39 is 0 Å². The molecule has 0 aliphatic heterocycles. The Labute approximate surface area is 85.1 Å². The fourth-order valence-corrected chi connectivity index (χ4v) is 3.25. The molecule has 2 saturated carbocycles. The zero-order chi connectivity index (χ0) is 10.3. The summed E-state index contributed by atoms with van der Waals surface area (Å²) in [5.74, 6) is 1.19. The van der Waals surface area contributed by atoms with Gasteiger partial charge in [-0.3, -0.25) is 9.59 Å². The molecule has 0 radical (unpaired) electrons. The predicted octanol–water partition coefficient (Wildman–Crippen LogP) is 2.36. The third-order valence-electron chi connectivity index (χ3n) is 4.38. The van der Waals surface area contributed by atoms with E-state index in [1.807, 2.05) is 6.92 Å². The Kier molecular flexibility index (Phi) is 2.24. The Morgan fingerprint density at radius 3 is 2.71 bits per heavy atom. The van der Waals surface area contributed by atoms with Crippen molar-refractivity contribution in [1.29, 1.82) is 0 Å². The van der Waals surface area contributed by atoms with Crippen LogP contribution >= 0.6 is 0 Å². The minimum absolute atomic E-state index is 0.109. The van der Waals surface area contributed by atoms with Crippen LogP contribution in [0.5, 0.6) is 0 Å². The van der Waals surface area contributed by atoms with E-state index in [2.05, 4.69) is 6.92 Å². The fraction of sp³-hybridized carbons (Fsp3) is 0.833. The van der Waals surface area contributed by atoms with Crippen molar-refractivity contribution >= 4 is 11.6 Å². The monoisotopic (exact) mass is 194 g/mol. The molecule has 2 unspecified atom stereocenters. The summed E-state index contributed by atoms with van der Waals surface area (Å²) in [7, 11) is 0. The van der Waals surface area contributed by atoms with Crippen LogP contribution in [0.4, 0.5) is 0 Å². The van der Waals surface area contributed by atoms with Crippen LogP contribution in [0.1, 0.15) is 46.0 Å². The average Bonchev–Trinajstić information content (AvgIpc) is 2.16. The molecule has 0 aromatic carbocycles. The van der Waals surface area contributed by atoms with Crippen molar-refractivity contribution < 1.29 is 9.59 Å². The normalized spacial score (nSPS) is 43.6. The van der Waals surface area contributed by atoms with E-state index in [0.717, 1.165) is 25.7 Å². The molecule has 2 aliphatic carbocycles. The van der Waals surface area contributed by atoms with E-state index in [1.54, 1.807) is 0 Å². The standard InChI is InChI=1S/C12H18O2/c1-8-9-4-3-5-11(14)12(9,2)7-6-10(8)13/h8-9H,3-7H2,1-2H3/t8?,9?,12-/m0/s1. The molecule has 14 heavy (non-hydrogen) atoms. The minimum atomic E-state index is -0.175. The number of hydrogen-bond donors (Lipinski definition) is 0. The smallest absolute Gasteiger partial charge is 0.139 e. The van der Waals surface area contributed by atoms with Crippen LogP contribution in [-0.2, 0) is 9.59 Å². The van der Waals surface area contributed by atoms with Gasteiger partial charge in [0.15, 0.2) is 0 Å². The highest BCUT2D eigenvalue weighted by atomic mass is 16.1. The lowest BCUT2D eigenvalue weighted by Crippen LogP contribution is -2.48. The molecule has 0 spiro atoms. The molecule has 0 aromatic heterocycles. The zero-order valence-electron chi connectivity index (χ0n) is 9.01. The van der Waals surface area contributed by atoms with Gasteiger partial charge in [-0.15, -0.1) is 0 Å². The average molecular weight is 194 g/mol. The first kappa shape index (κ1) is 9.88. The van der Waals surface area contributed by atoms with E-state index in [-0.39, 0.29) is 11.3 Å². The Hall–Kier alpha value is -0.660. The van der Waals surface area contributed by atoms with Gasteiger partial charge in [0.1, 0.15) is 11.6 Å². The summed E-state index contributed by atoms with van der Waals surface area (Å²) in [6.07, 6.45) is 4.18. The van der Waals surface area contributed by atoms with E-state index >= 15 is 0 Å².